The van der Waals surface area contributed by atoms with Crippen molar-refractivity contribution in [3.8, 4) is 0 Å². The van der Waals surface area contributed by atoms with E-state index in [1.807, 2.05) is 0 Å². The van der Waals surface area contributed by atoms with Crippen molar-refractivity contribution in [2.45, 2.75) is 24.8 Å². The molecule has 0 heterocycles. The van der Waals surface area contributed by atoms with Crippen LogP contribution in [0.4, 0.5) is 0 Å². The molecule has 8 heteroatoms. The van der Waals surface area contributed by atoms with Crippen molar-refractivity contribution >= 4 is 43.5 Å². The zero-order valence-electron chi connectivity index (χ0n) is 10.2. The maximum Gasteiger partial charge on any atom is 0.322 e. The number of hydrogen-bond donors (Lipinski definition) is 2. The molecule has 1 aromatic carbocycles. The van der Waals surface area contributed by atoms with Gasteiger partial charge in [-0.15, -0.1) is 0 Å². The molecule has 106 valence electrons. The van der Waals surface area contributed by atoms with Crippen LogP contribution in [0.15, 0.2) is 27.6 Å². The lowest BCUT2D eigenvalue weighted by Gasteiger charge is -2.18. The Morgan fingerprint density at radius 3 is 2.42 bits per heavy atom. The third-order valence-electron chi connectivity index (χ3n) is 2.40. The second-order valence-electron chi connectivity index (χ2n) is 4.26. The molecule has 0 saturated carbocycles. The van der Waals surface area contributed by atoms with Crippen LogP contribution >= 0.6 is 27.5 Å². The van der Waals surface area contributed by atoms with Crippen molar-refractivity contribution in [1.82, 2.24) is 4.72 Å². The Kier molecular flexibility index (Phi) is 5.37. The van der Waals surface area contributed by atoms with Crippen molar-refractivity contribution in [3.63, 3.8) is 0 Å². The summed E-state index contributed by atoms with van der Waals surface area (Å²) in [6.45, 7) is 3.25. The highest BCUT2D eigenvalue weighted by molar-refractivity contribution is 9.10. The number of carboxylic acids is 1. The van der Waals surface area contributed by atoms with E-state index < -0.39 is 22.0 Å². The highest BCUT2D eigenvalue weighted by Crippen LogP contribution is 2.25. The summed E-state index contributed by atoms with van der Waals surface area (Å²) in [5.41, 5.74) is 0. The Morgan fingerprint density at radius 1 is 1.42 bits per heavy atom. The number of rotatable bonds is 5. The van der Waals surface area contributed by atoms with Gasteiger partial charge in [-0.3, -0.25) is 4.79 Å². The molecule has 0 amide bonds. The number of aliphatic carboxylic acids is 1. The Hall–Kier alpha value is -0.630. The molecule has 5 nitrogen and oxygen atoms in total. The smallest absolute Gasteiger partial charge is 0.322 e. The lowest BCUT2D eigenvalue weighted by atomic mass is 10.1. The van der Waals surface area contributed by atoms with Crippen LogP contribution in [0.3, 0.4) is 0 Å². The molecule has 0 fully saturated rings. The Morgan fingerprint density at radius 2 is 2.00 bits per heavy atom. The van der Waals surface area contributed by atoms with Gasteiger partial charge in [0.15, 0.2) is 0 Å². The van der Waals surface area contributed by atoms with Crippen LogP contribution in [-0.4, -0.2) is 25.5 Å². The molecule has 1 atom stereocenters. The summed E-state index contributed by atoms with van der Waals surface area (Å²) in [7, 11) is -3.93. The maximum absolute atomic E-state index is 12.1. The van der Waals surface area contributed by atoms with E-state index in [4.69, 9.17) is 16.7 Å². The van der Waals surface area contributed by atoms with Gasteiger partial charge in [-0.2, -0.15) is 4.72 Å². The number of halogens is 2. The summed E-state index contributed by atoms with van der Waals surface area (Å²) < 4.78 is 26.7. The minimum atomic E-state index is -3.93. The van der Waals surface area contributed by atoms with Crippen molar-refractivity contribution in [3.05, 3.63) is 27.7 Å². The van der Waals surface area contributed by atoms with E-state index in [1.165, 1.54) is 18.2 Å². The van der Waals surface area contributed by atoms with Gasteiger partial charge in [0.25, 0.3) is 0 Å². The lowest BCUT2D eigenvalue weighted by molar-refractivity contribution is -0.140. The molecule has 19 heavy (non-hydrogen) atoms. The quantitative estimate of drug-likeness (QED) is 0.834. The normalized spacial score (nSPS) is 13.5. The van der Waals surface area contributed by atoms with E-state index in [-0.39, 0.29) is 15.3 Å². The average Bonchev–Trinajstić information content (AvgIpc) is 2.24. The van der Waals surface area contributed by atoms with Gasteiger partial charge in [0.2, 0.25) is 10.0 Å². The predicted octanol–water partition coefficient (Wildman–Crippen LogP) is 2.49. The first kappa shape index (κ1) is 16.4. The molecule has 0 aliphatic carbocycles. The van der Waals surface area contributed by atoms with E-state index in [0.717, 1.165) is 0 Å². The van der Waals surface area contributed by atoms with Crippen LogP contribution in [0.25, 0.3) is 0 Å². The summed E-state index contributed by atoms with van der Waals surface area (Å²) >= 11 is 8.83. The van der Waals surface area contributed by atoms with Crippen molar-refractivity contribution in [1.29, 1.82) is 0 Å². The van der Waals surface area contributed by atoms with E-state index >= 15 is 0 Å². The Labute approximate surface area is 125 Å². The van der Waals surface area contributed by atoms with E-state index in [1.54, 1.807) is 13.8 Å². The van der Waals surface area contributed by atoms with Crippen molar-refractivity contribution < 1.29 is 18.3 Å². The Bertz CT molecular complexity index is 588. The van der Waals surface area contributed by atoms with Gasteiger partial charge >= 0.3 is 5.97 Å². The molecule has 0 unspecified atom stereocenters. The molecular weight excluding hydrogens is 358 g/mol. The van der Waals surface area contributed by atoms with Crippen LogP contribution in [-0.2, 0) is 14.8 Å². The third kappa shape index (κ3) is 4.17. The summed E-state index contributed by atoms with van der Waals surface area (Å²) in [5.74, 6) is -1.60. The number of carbonyl (C=O) groups is 1. The molecule has 0 saturated heterocycles. The minimum absolute atomic E-state index is 0.0520. The molecule has 0 bridgehead atoms. The summed E-state index contributed by atoms with van der Waals surface area (Å²) in [4.78, 5) is 11.0. The van der Waals surface area contributed by atoms with Gasteiger partial charge in [-0.05, 0) is 40.0 Å². The topological polar surface area (TPSA) is 83.5 Å². The first-order valence-electron chi connectivity index (χ1n) is 5.35. The molecule has 1 rings (SSSR count). The number of benzene rings is 1. The number of carboxylic acid groups (broad SMARTS) is 1. The van der Waals surface area contributed by atoms with Crippen LogP contribution in [0.1, 0.15) is 13.8 Å². The van der Waals surface area contributed by atoms with Gasteiger partial charge in [0.05, 0.1) is 4.90 Å². The zero-order valence-corrected chi connectivity index (χ0v) is 13.4. The predicted molar refractivity (Wildman–Crippen MR) is 75.7 cm³/mol. The summed E-state index contributed by atoms with van der Waals surface area (Å²) in [6.07, 6.45) is 0. The highest BCUT2D eigenvalue weighted by atomic mass is 79.9. The average molecular weight is 371 g/mol. The van der Waals surface area contributed by atoms with Gasteiger partial charge < -0.3 is 5.11 Å². The monoisotopic (exact) mass is 369 g/mol. The molecule has 0 aromatic heterocycles. The SMILES string of the molecule is CC(C)[C@H](NS(=O)(=O)c1ccc(Cl)cc1Br)C(=O)O. The second kappa shape index (κ2) is 6.21. The van der Waals surface area contributed by atoms with Gasteiger partial charge in [0, 0.05) is 9.50 Å². The van der Waals surface area contributed by atoms with Gasteiger partial charge in [-0.25, -0.2) is 8.42 Å². The fraction of sp³-hybridized carbons (Fsp3) is 0.364. The first-order valence-corrected chi connectivity index (χ1v) is 8.00. The molecular formula is C11H13BrClNO4S. The van der Waals surface area contributed by atoms with Gasteiger partial charge in [-0.1, -0.05) is 25.4 Å². The number of nitrogens with one attached hydrogen (secondary N) is 1. The number of hydrogen-bond acceptors (Lipinski definition) is 3. The molecule has 0 radical (unpaired) electrons. The van der Waals surface area contributed by atoms with Crippen molar-refractivity contribution in [2.75, 3.05) is 0 Å². The van der Waals surface area contributed by atoms with Crippen LogP contribution in [0.2, 0.25) is 5.02 Å². The van der Waals surface area contributed by atoms with Gasteiger partial charge in [0.1, 0.15) is 6.04 Å². The summed E-state index contributed by atoms with van der Waals surface area (Å²) in [5, 5.41) is 9.39. The second-order valence-corrected chi connectivity index (χ2v) is 7.23. The Balaban J connectivity index is 3.14. The first-order chi connectivity index (χ1) is 8.65. The molecule has 2 N–H and O–H groups in total. The largest absolute Gasteiger partial charge is 0.480 e. The maximum atomic E-state index is 12.1. The van der Waals surface area contributed by atoms with E-state index in [0.29, 0.717) is 5.02 Å². The fourth-order valence-corrected chi connectivity index (χ4v) is 4.11. The van der Waals surface area contributed by atoms with Crippen LogP contribution < -0.4 is 4.72 Å². The minimum Gasteiger partial charge on any atom is -0.480 e. The van der Waals surface area contributed by atoms with Crippen molar-refractivity contribution in [2.24, 2.45) is 5.92 Å². The van der Waals surface area contributed by atoms with E-state index in [2.05, 4.69) is 20.7 Å². The van der Waals surface area contributed by atoms with E-state index in [9.17, 15) is 13.2 Å². The molecule has 0 spiro atoms. The lowest BCUT2D eigenvalue weighted by Crippen LogP contribution is -2.44. The highest BCUT2D eigenvalue weighted by Gasteiger charge is 2.29. The molecule has 0 aliphatic heterocycles. The zero-order chi connectivity index (χ0) is 14.8. The molecule has 0 aliphatic rings. The standard InChI is InChI=1S/C11H13BrClNO4S/c1-6(2)10(11(15)16)14-19(17,18)9-4-3-7(13)5-8(9)12/h3-6,10,14H,1-2H3,(H,15,16)/t10-/m0/s1. The summed E-state index contributed by atoms with van der Waals surface area (Å²) in [6, 6.07) is 2.98. The van der Waals surface area contributed by atoms with Crippen LogP contribution in [0, 0.1) is 5.92 Å². The van der Waals surface area contributed by atoms with Crippen LogP contribution in [0.5, 0.6) is 0 Å². The third-order valence-corrected chi connectivity index (χ3v) is 5.05. The number of sulfonamides is 1. The fourth-order valence-electron chi connectivity index (χ4n) is 1.40. The molecule has 1 aromatic rings.